The van der Waals surface area contributed by atoms with Gasteiger partial charge in [-0.3, -0.25) is 10.00 Å². The molecule has 0 aliphatic carbocycles. The maximum absolute atomic E-state index is 13.4. The Morgan fingerprint density at radius 1 is 1.41 bits per heavy atom. The number of halogens is 1. The average Bonchev–Trinajstić information content (AvgIpc) is 2.76. The number of nitrogens with one attached hydrogen (secondary N) is 2. The van der Waals surface area contributed by atoms with Gasteiger partial charge in [-0.1, -0.05) is 0 Å². The van der Waals surface area contributed by atoms with Crippen molar-refractivity contribution in [1.82, 2.24) is 15.1 Å². The standard InChI is InChI=1S/C15H19FN4O2/c1-9-7-14(20(3)19-9)18-15(21)17-10(2)12-8-11(16)5-6-13(12)22-4/h5-8,10H,1-4H3,(H2,17,18,21)/t10-/m1/s1. The largest absolute Gasteiger partial charge is 0.496 e. The molecule has 2 N–H and O–H groups in total. The normalized spacial score (nSPS) is 11.9. The van der Waals surface area contributed by atoms with Crippen molar-refractivity contribution in [2.45, 2.75) is 19.9 Å². The van der Waals surface area contributed by atoms with Crippen LogP contribution in [-0.4, -0.2) is 22.9 Å². The Morgan fingerprint density at radius 3 is 2.73 bits per heavy atom. The lowest BCUT2D eigenvalue weighted by molar-refractivity contribution is 0.249. The quantitative estimate of drug-likeness (QED) is 0.912. The van der Waals surface area contributed by atoms with Crippen LogP contribution in [0.5, 0.6) is 5.75 Å². The van der Waals surface area contributed by atoms with Gasteiger partial charge < -0.3 is 10.1 Å². The van der Waals surface area contributed by atoms with Crippen LogP contribution in [-0.2, 0) is 7.05 Å². The minimum Gasteiger partial charge on any atom is -0.496 e. The smallest absolute Gasteiger partial charge is 0.320 e. The van der Waals surface area contributed by atoms with Crippen LogP contribution in [0.3, 0.4) is 0 Å². The lowest BCUT2D eigenvalue weighted by Crippen LogP contribution is -2.32. The molecule has 0 unspecified atom stereocenters. The molecule has 0 saturated heterocycles. The van der Waals surface area contributed by atoms with Gasteiger partial charge in [0.2, 0.25) is 0 Å². The van der Waals surface area contributed by atoms with E-state index in [9.17, 15) is 9.18 Å². The van der Waals surface area contributed by atoms with Crippen molar-refractivity contribution in [3.05, 3.63) is 41.3 Å². The highest BCUT2D eigenvalue weighted by Crippen LogP contribution is 2.25. The molecule has 0 aliphatic rings. The van der Waals surface area contributed by atoms with Crippen LogP contribution >= 0.6 is 0 Å². The van der Waals surface area contributed by atoms with Crippen molar-refractivity contribution in [2.24, 2.45) is 7.05 Å². The number of amides is 2. The molecule has 22 heavy (non-hydrogen) atoms. The van der Waals surface area contributed by atoms with Crippen LogP contribution in [0.4, 0.5) is 15.0 Å². The number of ether oxygens (including phenoxy) is 1. The molecule has 0 saturated carbocycles. The first kappa shape index (κ1) is 15.8. The summed E-state index contributed by atoms with van der Waals surface area (Å²) in [7, 11) is 3.24. The summed E-state index contributed by atoms with van der Waals surface area (Å²) in [6.07, 6.45) is 0. The zero-order valence-electron chi connectivity index (χ0n) is 13.0. The molecular weight excluding hydrogens is 287 g/mol. The number of methoxy groups -OCH3 is 1. The molecule has 0 fully saturated rings. The summed E-state index contributed by atoms with van der Waals surface area (Å²) in [6, 6.07) is 5.13. The van der Waals surface area contributed by atoms with E-state index in [2.05, 4.69) is 15.7 Å². The van der Waals surface area contributed by atoms with E-state index < -0.39 is 12.1 Å². The highest BCUT2D eigenvalue weighted by Gasteiger charge is 2.16. The van der Waals surface area contributed by atoms with Crippen molar-refractivity contribution in [3.63, 3.8) is 0 Å². The summed E-state index contributed by atoms with van der Waals surface area (Å²) >= 11 is 0. The first-order valence-electron chi connectivity index (χ1n) is 6.82. The molecule has 2 aromatic rings. The number of aromatic nitrogens is 2. The second-order valence-corrected chi connectivity index (χ2v) is 5.00. The Labute approximate surface area is 128 Å². The van der Waals surface area contributed by atoms with E-state index in [0.717, 1.165) is 5.69 Å². The average molecular weight is 306 g/mol. The van der Waals surface area contributed by atoms with Crippen LogP contribution in [0.15, 0.2) is 24.3 Å². The van der Waals surface area contributed by atoms with Gasteiger partial charge >= 0.3 is 6.03 Å². The lowest BCUT2D eigenvalue weighted by atomic mass is 10.1. The van der Waals surface area contributed by atoms with Gasteiger partial charge in [-0.05, 0) is 32.0 Å². The van der Waals surface area contributed by atoms with E-state index in [1.807, 2.05) is 6.92 Å². The molecule has 1 heterocycles. The number of benzene rings is 1. The minimum atomic E-state index is -0.417. The summed E-state index contributed by atoms with van der Waals surface area (Å²) in [5.74, 6) is 0.714. The van der Waals surface area contributed by atoms with Crippen LogP contribution in [0.1, 0.15) is 24.2 Å². The summed E-state index contributed by atoms with van der Waals surface area (Å²) in [6.45, 7) is 3.59. The Hall–Kier alpha value is -2.57. The molecule has 0 spiro atoms. The molecule has 2 rings (SSSR count). The van der Waals surface area contributed by atoms with E-state index in [0.29, 0.717) is 17.1 Å². The van der Waals surface area contributed by atoms with Crippen LogP contribution < -0.4 is 15.4 Å². The van der Waals surface area contributed by atoms with Crippen molar-refractivity contribution < 1.29 is 13.9 Å². The van der Waals surface area contributed by atoms with Gasteiger partial charge in [0.15, 0.2) is 0 Å². The predicted molar refractivity (Wildman–Crippen MR) is 81.5 cm³/mol. The highest BCUT2D eigenvalue weighted by molar-refractivity contribution is 5.88. The fraction of sp³-hybridized carbons (Fsp3) is 0.333. The lowest BCUT2D eigenvalue weighted by Gasteiger charge is -2.17. The monoisotopic (exact) mass is 306 g/mol. The van der Waals surface area contributed by atoms with Gasteiger partial charge in [0.05, 0.1) is 18.8 Å². The van der Waals surface area contributed by atoms with Gasteiger partial charge in [0, 0.05) is 18.7 Å². The van der Waals surface area contributed by atoms with Gasteiger partial charge in [-0.25, -0.2) is 9.18 Å². The second kappa shape index (κ2) is 6.46. The number of rotatable bonds is 4. The fourth-order valence-electron chi connectivity index (χ4n) is 2.20. The topological polar surface area (TPSA) is 68.2 Å². The third-order valence-corrected chi connectivity index (χ3v) is 3.25. The Bertz CT molecular complexity index is 684. The minimum absolute atomic E-state index is 0.382. The SMILES string of the molecule is COc1ccc(F)cc1[C@@H](C)NC(=O)Nc1cc(C)nn1C. The van der Waals surface area contributed by atoms with Gasteiger partial charge in [0.1, 0.15) is 17.4 Å². The van der Waals surface area contributed by atoms with Crippen molar-refractivity contribution >= 4 is 11.8 Å². The number of aryl methyl sites for hydroxylation is 2. The molecule has 1 aromatic heterocycles. The Balaban J connectivity index is 2.08. The van der Waals surface area contributed by atoms with Crippen LogP contribution in [0.25, 0.3) is 0 Å². The zero-order valence-corrected chi connectivity index (χ0v) is 13.0. The third-order valence-electron chi connectivity index (χ3n) is 3.25. The molecule has 7 heteroatoms. The first-order chi connectivity index (χ1) is 10.4. The predicted octanol–water partition coefficient (Wildman–Crippen LogP) is 2.76. The van der Waals surface area contributed by atoms with Crippen LogP contribution in [0, 0.1) is 12.7 Å². The van der Waals surface area contributed by atoms with Crippen molar-refractivity contribution in [2.75, 3.05) is 12.4 Å². The number of nitrogens with zero attached hydrogens (tertiary/aromatic N) is 2. The molecule has 118 valence electrons. The van der Waals surface area contributed by atoms with Gasteiger partial charge in [-0.15, -0.1) is 0 Å². The van der Waals surface area contributed by atoms with E-state index in [-0.39, 0.29) is 5.82 Å². The summed E-state index contributed by atoms with van der Waals surface area (Å²) in [4.78, 5) is 12.0. The van der Waals surface area contributed by atoms with Gasteiger partial charge in [-0.2, -0.15) is 5.10 Å². The summed E-state index contributed by atoms with van der Waals surface area (Å²) < 4.78 is 20.2. The number of hydrogen-bond acceptors (Lipinski definition) is 3. The van der Waals surface area contributed by atoms with E-state index in [1.165, 1.54) is 25.3 Å². The maximum atomic E-state index is 13.4. The molecule has 2 amide bonds. The molecule has 0 bridgehead atoms. The van der Waals surface area contributed by atoms with E-state index >= 15 is 0 Å². The van der Waals surface area contributed by atoms with E-state index in [4.69, 9.17) is 4.74 Å². The molecule has 1 aromatic carbocycles. The summed E-state index contributed by atoms with van der Waals surface area (Å²) in [5.41, 5.74) is 1.37. The maximum Gasteiger partial charge on any atom is 0.320 e. The Morgan fingerprint density at radius 2 is 2.14 bits per heavy atom. The first-order valence-corrected chi connectivity index (χ1v) is 6.82. The fourth-order valence-corrected chi connectivity index (χ4v) is 2.20. The van der Waals surface area contributed by atoms with E-state index in [1.54, 1.807) is 24.7 Å². The zero-order chi connectivity index (χ0) is 16.3. The number of carbonyl (C=O) groups excluding carboxylic acids is 1. The third kappa shape index (κ3) is 3.55. The highest BCUT2D eigenvalue weighted by atomic mass is 19.1. The molecule has 1 atom stereocenters. The number of anilines is 1. The summed E-state index contributed by atoms with van der Waals surface area (Å²) in [5, 5.41) is 9.59. The number of urea groups is 1. The van der Waals surface area contributed by atoms with Crippen molar-refractivity contribution in [1.29, 1.82) is 0 Å². The number of carbonyl (C=O) groups is 1. The molecular formula is C15H19FN4O2. The Kier molecular flexibility index (Phi) is 4.65. The van der Waals surface area contributed by atoms with Gasteiger partial charge in [0.25, 0.3) is 0 Å². The second-order valence-electron chi connectivity index (χ2n) is 5.00. The molecule has 0 aliphatic heterocycles. The molecule has 0 radical (unpaired) electrons. The van der Waals surface area contributed by atoms with Crippen molar-refractivity contribution in [3.8, 4) is 5.75 Å². The molecule has 6 nitrogen and oxygen atoms in total. The van der Waals surface area contributed by atoms with Crippen LogP contribution in [0.2, 0.25) is 0 Å². The number of hydrogen-bond donors (Lipinski definition) is 2.